The van der Waals surface area contributed by atoms with Crippen LogP contribution in [0.5, 0.6) is 0 Å². The molecular weight excluding hydrogens is 288 g/mol. The lowest BCUT2D eigenvalue weighted by atomic mass is 10.1. The number of fused-ring (bicyclic) bond motifs is 1. The number of carboxylic acids is 1. The van der Waals surface area contributed by atoms with Gasteiger partial charge in [-0.05, 0) is 5.39 Å². The van der Waals surface area contributed by atoms with Crippen molar-refractivity contribution in [2.45, 2.75) is 6.92 Å². The van der Waals surface area contributed by atoms with E-state index in [1.807, 2.05) is 24.3 Å². The van der Waals surface area contributed by atoms with Crippen LogP contribution in [0.4, 0.5) is 0 Å². The van der Waals surface area contributed by atoms with E-state index in [4.69, 9.17) is 5.11 Å². The molecule has 0 radical (unpaired) electrons. The van der Waals surface area contributed by atoms with Crippen molar-refractivity contribution in [3.05, 3.63) is 47.2 Å². The van der Waals surface area contributed by atoms with Crippen LogP contribution >= 0.6 is 11.3 Å². The average molecular weight is 298 g/mol. The molecule has 5 nitrogen and oxygen atoms in total. The van der Waals surface area contributed by atoms with Gasteiger partial charge in [0.05, 0.1) is 0 Å². The van der Waals surface area contributed by atoms with Crippen LogP contribution in [0.15, 0.2) is 36.7 Å². The standard InChI is InChI=1S/C15H10N2O3S/c1-8(18)13-12(15(19)20)17-14(21-13)11-7-16-6-9-4-2-3-5-10(9)11/h2-7H,1H3,(H,19,20). The minimum absolute atomic E-state index is 0.158. The Hall–Kier alpha value is -2.60. The summed E-state index contributed by atoms with van der Waals surface area (Å²) in [6, 6.07) is 7.63. The lowest BCUT2D eigenvalue weighted by Gasteiger charge is -2.02. The van der Waals surface area contributed by atoms with Gasteiger partial charge in [-0.1, -0.05) is 24.3 Å². The maximum atomic E-state index is 11.6. The van der Waals surface area contributed by atoms with Crippen molar-refractivity contribution < 1.29 is 14.7 Å². The van der Waals surface area contributed by atoms with Crippen LogP contribution in [0.2, 0.25) is 0 Å². The summed E-state index contributed by atoms with van der Waals surface area (Å²) in [4.78, 5) is 31.2. The van der Waals surface area contributed by atoms with E-state index in [-0.39, 0.29) is 16.4 Å². The van der Waals surface area contributed by atoms with Gasteiger partial charge in [-0.3, -0.25) is 9.78 Å². The number of thiazole rings is 1. The summed E-state index contributed by atoms with van der Waals surface area (Å²) in [5.74, 6) is -1.50. The monoisotopic (exact) mass is 298 g/mol. The number of aromatic carboxylic acids is 1. The molecule has 6 heteroatoms. The van der Waals surface area contributed by atoms with Gasteiger partial charge in [0.25, 0.3) is 0 Å². The summed E-state index contributed by atoms with van der Waals surface area (Å²) >= 11 is 1.08. The Labute approximate surface area is 123 Å². The molecule has 104 valence electrons. The van der Waals surface area contributed by atoms with E-state index >= 15 is 0 Å². The summed E-state index contributed by atoms with van der Waals surface area (Å²) < 4.78 is 0. The minimum Gasteiger partial charge on any atom is -0.476 e. The van der Waals surface area contributed by atoms with Gasteiger partial charge in [-0.15, -0.1) is 11.3 Å². The van der Waals surface area contributed by atoms with Gasteiger partial charge in [0.1, 0.15) is 9.88 Å². The zero-order valence-corrected chi connectivity index (χ0v) is 11.8. The smallest absolute Gasteiger partial charge is 0.356 e. The first-order valence-electron chi connectivity index (χ1n) is 6.16. The summed E-state index contributed by atoms with van der Waals surface area (Å²) in [5.41, 5.74) is 0.531. The zero-order valence-electron chi connectivity index (χ0n) is 11.0. The summed E-state index contributed by atoms with van der Waals surface area (Å²) in [7, 11) is 0. The molecule has 0 fully saturated rings. The molecule has 0 aliphatic rings. The van der Waals surface area contributed by atoms with Gasteiger partial charge in [0, 0.05) is 30.3 Å². The number of rotatable bonds is 3. The Morgan fingerprint density at radius 3 is 2.62 bits per heavy atom. The molecule has 1 aromatic carbocycles. The number of aromatic nitrogens is 2. The molecule has 0 saturated heterocycles. The number of carboxylic acid groups (broad SMARTS) is 1. The molecule has 0 spiro atoms. The molecule has 0 aliphatic carbocycles. The summed E-state index contributed by atoms with van der Waals surface area (Å²) in [6.45, 7) is 1.34. The summed E-state index contributed by atoms with van der Waals surface area (Å²) in [6.07, 6.45) is 3.37. The van der Waals surface area contributed by atoms with E-state index in [1.54, 1.807) is 12.4 Å². The second-order valence-electron chi connectivity index (χ2n) is 4.47. The first-order valence-corrected chi connectivity index (χ1v) is 6.97. The van der Waals surface area contributed by atoms with Crippen LogP contribution in [0, 0.1) is 0 Å². The quantitative estimate of drug-likeness (QED) is 0.751. The molecule has 2 aromatic heterocycles. The Morgan fingerprint density at radius 2 is 1.95 bits per heavy atom. The highest BCUT2D eigenvalue weighted by molar-refractivity contribution is 7.17. The molecule has 0 saturated carbocycles. The minimum atomic E-state index is -1.20. The number of carbonyl (C=O) groups excluding carboxylic acids is 1. The molecule has 0 aliphatic heterocycles. The number of carbonyl (C=O) groups is 2. The average Bonchev–Trinajstić information content (AvgIpc) is 2.92. The highest BCUT2D eigenvalue weighted by atomic mass is 32.1. The van der Waals surface area contributed by atoms with Gasteiger partial charge in [-0.25, -0.2) is 9.78 Å². The number of hydrogen-bond acceptors (Lipinski definition) is 5. The Bertz CT molecular complexity index is 833. The zero-order chi connectivity index (χ0) is 15.0. The largest absolute Gasteiger partial charge is 0.476 e. The van der Waals surface area contributed by atoms with Gasteiger partial charge >= 0.3 is 5.97 Å². The number of benzene rings is 1. The Balaban J connectivity index is 2.26. The first-order chi connectivity index (χ1) is 10.1. The predicted octanol–water partition coefficient (Wildman–Crippen LogP) is 3.26. The molecule has 0 amide bonds. The molecule has 1 N–H and O–H groups in total. The maximum Gasteiger partial charge on any atom is 0.356 e. The third kappa shape index (κ3) is 2.30. The predicted molar refractivity (Wildman–Crippen MR) is 79.8 cm³/mol. The number of Topliss-reactive ketones (excluding diaryl/α,β-unsaturated/α-hetero) is 1. The van der Waals surface area contributed by atoms with Crippen LogP contribution in [-0.2, 0) is 0 Å². The molecule has 0 atom stereocenters. The molecule has 2 heterocycles. The van der Waals surface area contributed by atoms with Crippen molar-refractivity contribution in [2.24, 2.45) is 0 Å². The Kier molecular flexibility index (Phi) is 3.23. The van der Waals surface area contributed by atoms with Crippen molar-refractivity contribution in [1.29, 1.82) is 0 Å². The topological polar surface area (TPSA) is 80.2 Å². The number of hydrogen-bond donors (Lipinski definition) is 1. The molecular formula is C15H10N2O3S. The fourth-order valence-corrected chi connectivity index (χ4v) is 3.08. The Morgan fingerprint density at radius 1 is 1.19 bits per heavy atom. The molecule has 0 bridgehead atoms. The number of nitrogens with zero attached hydrogens (tertiary/aromatic N) is 2. The van der Waals surface area contributed by atoms with Gasteiger partial charge < -0.3 is 5.11 Å². The summed E-state index contributed by atoms with van der Waals surface area (Å²) in [5, 5.41) is 11.5. The van der Waals surface area contributed by atoms with Gasteiger partial charge in [0.2, 0.25) is 0 Å². The van der Waals surface area contributed by atoms with E-state index in [1.165, 1.54) is 6.92 Å². The normalized spacial score (nSPS) is 10.7. The second kappa shape index (κ2) is 5.06. The van der Waals surface area contributed by atoms with E-state index in [2.05, 4.69) is 9.97 Å². The van der Waals surface area contributed by atoms with E-state index in [9.17, 15) is 9.59 Å². The van der Waals surface area contributed by atoms with Crippen molar-refractivity contribution in [1.82, 2.24) is 9.97 Å². The highest BCUT2D eigenvalue weighted by Crippen LogP contribution is 2.32. The lowest BCUT2D eigenvalue weighted by Crippen LogP contribution is -2.03. The van der Waals surface area contributed by atoms with Crippen molar-refractivity contribution in [3.8, 4) is 10.6 Å². The fourth-order valence-electron chi connectivity index (χ4n) is 2.11. The van der Waals surface area contributed by atoms with E-state index in [0.717, 1.165) is 27.7 Å². The number of pyridine rings is 1. The first kappa shape index (κ1) is 13.4. The number of ketones is 1. The van der Waals surface area contributed by atoms with E-state index in [0.29, 0.717) is 5.01 Å². The van der Waals surface area contributed by atoms with Crippen molar-refractivity contribution in [2.75, 3.05) is 0 Å². The molecule has 3 aromatic rings. The second-order valence-corrected chi connectivity index (χ2v) is 5.47. The van der Waals surface area contributed by atoms with Crippen LogP contribution in [0.25, 0.3) is 21.3 Å². The fraction of sp³-hybridized carbons (Fsp3) is 0.0667. The molecule has 3 rings (SSSR count). The SMILES string of the molecule is CC(=O)c1sc(-c2cncc3ccccc23)nc1C(=O)O. The van der Waals surface area contributed by atoms with Crippen LogP contribution in [0.3, 0.4) is 0 Å². The van der Waals surface area contributed by atoms with Crippen LogP contribution < -0.4 is 0 Å². The molecule has 21 heavy (non-hydrogen) atoms. The third-order valence-electron chi connectivity index (χ3n) is 3.05. The van der Waals surface area contributed by atoms with Crippen molar-refractivity contribution >= 4 is 33.9 Å². The van der Waals surface area contributed by atoms with E-state index < -0.39 is 5.97 Å². The highest BCUT2D eigenvalue weighted by Gasteiger charge is 2.22. The van der Waals surface area contributed by atoms with Gasteiger partial charge in [-0.2, -0.15) is 0 Å². The molecule has 0 unspecified atom stereocenters. The van der Waals surface area contributed by atoms with Crippen LogP contribution in [0.1, 0.15) is 27.1 Å². The van der Waals surface area contributed by atoms with Gasteiger partial charge in [0.15, 0.2) is 11.5 Å². The van der Waals surface area contributed by atoms with Crippen molar-refractivity contribution in [3.63, 3.8) is 0 Å². The lowest BCUT2D eigenvalue weighted by molar-refractivity contribution is 0.0687. The maximum absolute atomic E-state index is 11.6. The van der Waals surface area contributed by atoms with Crippen LogP contribution in [-0.4, -0.2) is 26.8 Å². The third-order valence-corrected chi connectivity index (χ3v) is 4.24.